The second-order valence-electron chi connectivity index (χ2n) is 12.8. The van der Waals surface area contributed by atoms with Crippen molar-refractivity contribution in [1.29, 1.82) is 0 Å². The molecule has 0 aromatic carbocycles. The minimum absolute atomic E-state index is 0.162. The van der Waals surface area contributed by atoms with E-state index in [1.807, 2.05) is 55.4 Å². The standard InChI is InChI=1S/C16H28.C11H18O4.C7H10O3.C2H6/c1-2-8-13(7-1)16(14-9-3-4-10-14)15-11-5-6-12-15;1-8-6-9(2)14-10(13-8)15-11(3,4)7-12-5;1-5-4-6(2)10-7(8-3)9-5;1-2/h13-16H,1-12H2;6H,7H2,1-5H3;4H,1-3H3;1-2H3. The fourth-order valence-corrected chi connectivity index (χ4v) is 7.17. The van der Waals surface area contributed by atoms with Crippen molar-refractivity contribution >= 4 is 11.6 Å². The number of ether oxygens (including phenoxy) is 5. The van der Waals surface area contributed by atoms with Gasteiger partial charge in [0.05, 0.1) is 23.7 Å². The maximum absolute atomic E-state index is 5.55. The van der Waals surface area contributed by atoms with Gasteiger partial charge in [0, 0.05) is 14.2 Å². The van der Waals surface area contributed by atoms with E-state index in [-0.39, 0.29) is 13.0 Å². The molecule has 0 amide bonds. The molecule has 7 nitrogen and oxygen atoms in total. The highest BCUT2D eigenvalue weighted by Gasteiger charge is 2.38. The molecular weight excluding hydrogens is 544 g/mol. The molecule has 5 aliphatic rings. The zero-order chi connectivity index (χ0) is 31.8. The minimum atomic E-state index is -0.470. The number of hydrogen-bond donors (Lipinski definition) is 0. The Labute approximate surface area is 263 Å². The quantitative estimate of drug-likeness (QED) is 0.203. The van der Waals surface area contributed by atoms with Crippen LogP contribution in [0.3, 0.4) is 0 Å². The molecule has 2 aliphatic heterocycles. The molecular formula is C36H62O7. The summed E-state index contributed by atoms with van der Waals surface area (Å²) in [6, 6.07) is 0. The first-order valence-electron chi connectivity index (χ1n) is 16.8. The first-order valence-corrected chi connectivity index (χ1v) is 16.8. The number of methoxy groups -OCH3 is 2. The van der Waals surface area contributed by atoms with Crippen molar-refractivity contribution in [1.82, 2.24) is 0 Å². The summed E-state index contributed by atoms with van der Waals surface area (Å²) in [4.78, 5) is 0. The molecule has 0 unspecified atom stereocenters. The van der Waals surface area contributed by atoms with Gasteiger partial charge in [-0.2, -0.15) is 0 Å². The van der Waals surface area contributed by atoms with Crippen LogP contribution >= 0.6 is 0 Å². The van der Waals surface area contributed by atoms with Gasteiger partial charge in [0.2, 0.25) is 0 Å². The lowest BCUT2D eigenvalue weighted by Crippen LogP contribution is -2.34. The molecule has 248 valence electrons. The number of rotatable bonds is 8. The lowest BCUT2D eigenvalue weighted by molar-refractivity contribution is -0.553. The summed E-state index contributed by atoms with van der Waals surface area (Å²) in [5, 5.41) is 0. The second-order valence-corrected chi connectivity index (χ2v) is 12.8. The summed E-state index contributed by atoms with van der Waals surface area (Å²) in [5.74, 6) is 7.65. The molecule has 0 aromatic rings. The van der Waals surface area contributed by atoms with Crippen molar-refractivity contribution in [3.05, 3.63) is 36.6 Å². The summed E-state index contributed by atoms with van der Waals surface area (Å²) < 4.78 is 35.9. The highest BCUT2D eigenvalue weighted by atomic mass is 16.8. The highest BCUT2D eigenvalue weighted by molar-refractivity contribution is 5.88. The van der Waals surface area contributed by atoms with Crippen LogP contribution in [0.1, 0.15) is 132 Å². The second kappa shape index (κ2) is 19.4. The molecule has 0 N–H and O–H groups in total. The summed E-state index contributed by atoms with van der Waals surface area (Å²) in [7, 11) is 3.13. The largest absolute Gasteiger partial charge is 0.509 e. The predicted octanol–water partition coefficient (Wildman–Crippen LogP) is 9.27. The van der Waals surface area contributed by atoms with Gasteiger partial charge >= 0.3 is 13.0 Å². The fourth-order valence-electron chi connectivity index (χ4n) is 7.17. The normalized spacial score (nSPS) is 21.3. The minimum Gasteiger partial charge on any atom is -0.455 e. The third-order valence-electron chi connectivity index (χ3n) is 8.64. The van der Waals surface area contributed by atoms with Crippen LogP contribution in [0.25, 0.3) is 0 Å². The Hall–Kier alpha value is -1.96. The molecule has 3 saturated carbocycles. The van der Waals surface area contributed by atoms with Crippen LogP contribution in [0.5, 0.6) is 0 Å². The molecule has 43 heavy (non-hydrogen) atoms. The van der Waals surface area contributed by atoms with E-state index >= 15 is 0 Å². The smallest absolute Gasteiger partial charge is 0.455 e. The van der Waals surface area contributed by atoms with E-state index in [4.69, 9.17) is 32.5 Å². The van der Waals surface area contributed by atoms with Gasteiger partial charge in [-0.15, -0.1) is 0 Å². The summed E-state index contributed by atoms with van der Waals surface area (Å²) >= 11 is 0. The maximum atomic E-state index is 5.55. The predicted molar refractivity (Wildman–Crippen MR) is 172 cm³/mol. The number of ketones is 2. The lowest BCUT2D eigenvalue weighted by atomic mass is 9.71. The van der Waals surface area contributed by atoms with Gasteiger partial charge in [-0.3, -0.25) is 0 Å². The zero-order valence-electron chi connectivity index (χ0n) is 29.0. The van der Waals surface area contributed by atoms with E-state index in [2.05, 4.69) is 0 Å². The first-order chi connectivity index (χ1) is 20.6. The Bertz CT molecular complexity index is 863. The average Bonchev–Trinajstić information content (AvgIpc) is 3.75. The topological polar surface area (TPSA) is 68.8 Å². The van der Waals surface area contributed by atoms with Crippen molar-refractivity contribution in [3.63, 3.8) is 0 Å². The van der Waals surface area contributed by atoms with Crippen LogP contribution in [0, 0.1) is 36.6 Å². The third-order valence-corrected chi connectivity index (χ3v) is 8.64. The molecule has 0 atom stereocenters. The summed E-state index contributed by atoms with van der Waals surface area (Å²) in [6.45, 7) is 16.0. The van der Waals surface area contributed by atoms with Crippen LogP contribution < -0.4 is 0 Å². The van der Waals surface area contributed by atoms with E-state index in [0.717, 1.165) is 46.8 Å². The molecule has 0 aromatic heterocycles. The molecule has 2 heterocycles. The van der Waals surface area contributed by atoms with Gasteiger partial charge in [0.15, 0.2) is 11.6 Å². The highest BCUT2D eigenvalue weighted by Crippen LogP contribution is 2.49. The number of carbonyl (C=O) groups excluding carboxylic acids is 2. The maximum Gasteiger partial charge on any atom is 0.509 e. The lowest BCUT2D eigenvalue weighted by Gasteiger charge is -2.34. The van der Waals surface area contributed by atoms with Crippen LogP contribution in [0.4, 0.5) is 0 Å². The van der Waals surface area contributed by atoms with E-state index in [1.54, 1.807) is 96.3 Å². The first kappa shape index (κ1) is 37.2. The molecule has 0 bridgehead atoms. The van der Waals surface area contributed by atoms with Crippen LogP contribution in [-0.2, 0) is 32.5 Å². The zero-order valence-corrected chi connectivity index (χ0v) is 29.0. The molecule has 3 fully saturated rings. The van der Waals surface area contributed by atoms with Crippen LogP contribution in [0.15, 0.2) is 23.7 Å². The fraction of sp³-hybridized carbons (Fsp3) is 0.778. The Morgan fingerprint density at radius 2 is 1.09 bits per heavy atom. The molecule has 0 radical (unpaired) electrons. The van der Waals surface area contributed by atoms with Crippen molar-refractivity contribution in [3.8, 4) is 0 Å². The summed E-state index contributed by atoms with van der Waals surface area (Å²) in [5.41, 5.74) is -0.470. The van der Waals surface area contributed by atoms with Crippen molar-refractivity contribution < 1.29 is 32.5 Å². The SMILES string of the molecule is C1CCC(C(C2CCCC2)C2CCCC2)C1.CC.COCC(C)(C)O[C-]1OC(C)=CC(C)=[O+]1.CO[C-]1OC(C)=CC(C)=[O+]1. The average molecular weight is 607 g/mol. The van der Waals surface area contributed by atoms with Crippen molar-refractivity contribution in [2.24, 2.45) is 23.7 Å². The van der Waals surface area contributed by atoms with Crippen molar-refractivity contribution in [2.45, 2.75) is 138 Å². The van der Waals surface area contributed by atoms with Crippen LogP contribution in [0.2, 0.25) is 0 Å². The van der Waals surface area contributed by atoms with Crippen LogP contribution in [-0.4, -0.2) is 38.0 Å². The van der Waals surface area contributed by atoms with E-state index in [1.165, 1.54) is 7.11 Å². The van der Waals surface area contributed by atoms with Gasteiger partial charge in [-0.1, -0.05) is 90.9 Å². The molecule has 0 spiro atoms. The monoisotopic (exact) mass is 606 g/mol. The molecule has 5 rings (SSSR count). The third kappa shape index (κ3) is 13.3. The van der Waals surface area contributed by atoms with Gasteiger partial charge in [0.1, 0.15) is 0 Å². The Kier molecular flexibility index (Phi) is 16.8. The van der Waals surface area contributed by atoms with E-state index in [0.29, 0.717) is 6.61 Å². The number of allylic oxidation sites excluding steroid dienone is 4. The molecule has 3 aliphatic carbocycles. The van der Waals surface area contributed by atoms with Gasteiger partial charge in [-0.05, 0) is 77.4 Å². The van der Waals surface area contributed by atoms with Gasteiger partial charge < -0.3 is 32.5 Å². The summed E-state index contributed by atoms with van der Waals surface area (Å²) in [6.07, 6.45) is 22.3. The number of hydrogen-bond acceptors (Lipinski definition) is 5. The Morgan fingerprint density at radius 3 is 1.44 bits per heavy atom. The van der Waals surface area contributed by atoms with E-state index < -0.39 is 5.60 Å². The van der Waals surface area contributed by atoms with E-state index in [9.17, 15) is 0 Å². The van der Waals surface area contributed by atoms with Crippen molar-refractivity contribution in [2.75, 3.05) is 20.8 Å². The molecule has 0 saturated heterocycles. The van der Waals surface area contributed by atoms with Gasteiger partial charge in [-0.25, -0.2) is 0 Å². The molecule has 7 heteroatoms. The Morgan fingerprint density at radius 1 is 0.721 bits per heavy atom. The Balaban J connectivity index is 0.000000224. The van der Waals surface area contributed by atoms with Gasteiger partial charge in [0.25, 0.3) is 0 Å².